The first-order chi connectivity index (χ1) is 19.4. The highest BCUT2D eigenvalue weighted by Crippen LogP contribution is 2.36. The minimum absolute atomic E-state index is 0.0884. The summed E-state index contributed by atoms with van der Waals surface area (Å²) in [6.07, 6.45) is 1.65. The molecule has 1 atom stereocenters. The second-order valence-electron chi connectivity index (χ2n) is 8.76. The number of carbonyl (C=O) groups excluding carboxylic acids is 1. The van der Waals surface area contributed by atoms with Gasteiger partial charge in [-0.3, -0.25) is 9.36 Å². The van der Waals surface area contributed by atoms with Gasteiger partial charge in [0.1, 0.15) is 5.75 Å². The number of aromatic nitrogens is 1. The van der Waals surface area contributed by atoms with Crippen molar-refractivity contribution in [3.63, 3.8) is 0 Å². The van der Waals surface area contributed by atoms with E-state index < -0.39 is 12.0 Å². The molecule has 1 aliphatic heterocycles. The monoisotopic (exact) mass is 576 g/mol. The Bertz CT molecular complexity index is 1790. The van der Waals surface area contributed by atoms with Gasteiger partial charge in [-0.05, 0) is 48.4 Å². The standard InChI is InChI=1S/C30H25ClN2O6S/c1-4-39-29(36)24-25(18-8-6-5-7-9-18)32-30-33(26(24)19-10-12-20(37-2)13-11-19)28(35)23(40-30)16-17-14-21(31)27(34)22(15-17)38-3/h5-16,26,34H,4H2,1-3H3/b23-16-/t26-/m0/s1. The average Bonchev–Trinajstić information content (AvgIpc) is 3.28. The lowest BCUT2D eigenvalue weighted by atomic mass is 9.93. The highest BCUT2D eigenvalue weighted by molar-refractivity contribution is 7.07. The molecule has 2 heterocycles. The molecule has 4 aromatic rings. The van der Waals surface area contributed by atoms with Crippen molar-refractivity contribution in [1.82, 2.24) is 4.57 Å². The van der Waals surface area contributed by atoms with Crippen LogP contribution in [0.5, 0.6) is 17.2 Å². The van der Waals surface area contributed by atoms with Crippen LogP contribution in [0.2, 0.25) is 5.02 Å². The predicted octanol–water partition coefficient (Wildman–Crippen LogP) is 4.31. The summed E-state index contributed by atoms with van der Waals surface area (Å²) in [5.74, 6) is 0.0713. The van der Waals surface area contributed by atoms with E-state index in [-0.39, 0.29) is 34.3 Å². The van der Waals surface area contributed by atoms with Gasteiger partial charge >= 0.3 is 5.97 Å². The van der Waals surface area contributed by atoms with Crippen LogP contribution in [0.25, 0.3) is 11.8 Å². The van der Waals surface area contributed by atoms with E-state index in [2.05, 4.69) is 0 Å². The Morgan fingerprint density at radius 3 is 2.48 bits per heavy atom. The van der Waals surface area contributed by atoms with Gasteiger partial charge in [0.2, 0.25) is 0 Å². The van der Waals surface area contributed by atoms with Gasteiger partial charge in [-0.25, -0.2) is 9.79 Å². The zero-order valence-corrected chi connectivity index (χ0v) is 23.5. The van der Waals surface area contributed by atoms with Gasteiger partial charge in [0.15, 0.2) is 16.3 Å². The molecule has 0 amide bonds. The number of nitrogens with zero attached hydrogens (tertiary/aromatic N) is 2. The summed E-state index contributed by atoms with van der Waals surface area (Å²) >= 11 is 7.37. The number of phenols is 1. The molecule has 0 unspecified atom stereocenters. The Hall–Kier alpha value is -4.34. The largest absolute Gasteiger partial charge is 0.503 e. The van der Waals surface area contributed by atoms with Crippen LogP contribution in [0.3, 0.4) is 0 Å². The number of hydrogen-bond donors (Lipinski definition) is 1. The van der Waals surface area contributed by atoms with Crippen LogP contribution < -0.4 is 24.4 Å². The molecule has 0 saturated heterocycles. The Morgan fingerprint density at radius 2 is 1.82 bits per heavy atom. The van der Waals surface area contributed by atoms with Crippen LogP contribution in [0.15, 0.2) is 82.1 Å². The molecule has 8 nitrogen and oxygen atoms in total. The van der Waals surface area contributed by atoms with Crippen molar-refractivity contribution >= 4 is 40.7 Å². The number of aromatic hydroxyl groups is 1. The van der Waals surface area contributed by atoms with E-state index >= 15 is 0 Å². The van der Waals surface area contributed by atoms with Gasteiger partial charge in [-0.15, -0.1) is 0 Å². The summed E-state index contributed by atoms with van der Waals surface area (Å²) < 4.78 is 17.9. The average molecular weight is 577 g/mol. The molecule has 0 aliphatic carbocycles. The molecule has 204 valence electrons. The Balaban J connectivity index is 1.81. The van der Waals surface area contributed by atoms with Crippen LogP contribution in [0.1, 0.15) is 29.7 Å². The van der Waals surface area contributed by atoms with E-state index in [0.29, 0.717) is 31.9 Å². The van der Waals surface area contributed by atoms with E-state index in [1.54, 1.807) is 38.3 Å². The molecule has 0 radical (unpaired) electrons. The van der Waals surface area contributed by atoms with Crippen LogP contribution in [-0.2, 0) is 9.53 Å². The lowest BCUT2D eigenvalue weighted by molar-refractivity contribution is -0.138. The Labute approximate surface area is 238 Å². The van der Waals surface area contributed by atoms with Gasteiger partial charge in [-0.2, -0.15) is 0 Å². The van der Waals surface area contributed by atoms with E-state index in [9.17, 15) is 14.7 Å². The van der Waals surface area contributed by atoms with Gasteiger partial charge in [0.25, 0.3) is 5.56 Å². The minimum atomic E-state index is -0.809. The normalized spacial score (nSPS) is 14.9. The summed E-state index contributed by atoms with van der Waals surface area (Å²) in [5.41, 5.74) is 2.31. The first kappa shape index (κ1) is 27.2. The molecule has 10 heteroatoms. The molecule has 0 bridgehead atoms. The lowest BCUT2D eigenvalue weighted by Gasteiger charge is -2.26. The van der Waals surface area contributed by atoms with Crippen molar-refractivity contribution in [1.29, 1.82) is 0 Å². The number of phenolic OH excluding ortho intramolecular Hbond substituents is 1. The molecular weight excluding hydrogens is 552 g/mol. The van der Waals surface area contributed by atoms with Crippen molar-refractivity contribution < 1.29 is 24.1 Å². The smallest absolute Gasteiger partial charge is 0.338 e. The maximum Gasteiger partial charge on any atom is 0.338 e. The molecule has 1 aromatic heterocycles. The molecular formula is C30H25ClN2O6S. The third-order valence-electron chi connectivity index (χ3n) is 6.37. The number of thiazole rings is 1. The van der Waals surface area contributed by atoms with E-state index in [0.717, 1.165) is 5.56 Å². The summed E-state index contributed by atoms with van der Waals surface area (Å²) in [6, 6.07) is 18.8. The van der Waals surface area contributed by atoms with Gasteiger partial charge in [0.05, 0.1) is 47.7 Å². The lowest BCUT2D eigenvalue weighted by Crippen LogP contribution is -2.40. The van der Waals surface area contributed by atoms with Crippen LogP contribution in [-0.4, -0.2) is 36.5 Å². The number of hydrogen-bond acceptors (Lipinski definition) is 8. The first-order valence-corrected chi connectivity index (χ1v) is 13.5. The molecule has 0 saturated carbocycles. The fourth-order valence-electron chi connectivity index (χ4n) is 4.53. The molecule has 0 fully saturated rings. The third kappa shape index (κ3) is 5.01. The zero-order chi connectivity index (χ0) is 28.4. The summed E-state index contributed by atoms with van der Waals surface area (Å²) in [5, 5.41) is 10.2. The van der Waals surface area contributed by atoms with Crippen molar-refractivity contribution in [3.8, 4) is 17.2 Å². The number of halogens is 1. The first-order valence-electron chi connectivity index (χ1n) is 12.3. The topological polar surface area (TPSA) is 99.4 Å². The number of fused-ring (bicyclic) bond motifs is 1. The van der Waals surface area contributed by atoms with Crippen LogP contribution >= 0.6 is 22.9 Å². The van der Waals surface area contributed by atoms with Crippen molar-refractivity contribution in [3.05, 3.63) is 114 Å². The molecule has 0 spiro atoms. The highest BCUT2D eigenvalue weighted by Gasteiger charge is 2.35. The van der Waals surface area contributed by atoms with Crippen molar-refractivity contribution in [2.45, 2.75) is 13.0 Å². The second kappa shape index (κ2) is 11.4. The zero-order valence-electron chi connectivity index (χ0n) is 21.9. The minimum Gasteiger partial charge on any atom is -0.503 e. The van der Waals surface area contributed by atoms with Gasteiger partial charge in [-0.1, -0.05) is 65.4 Å². The van der Waals surface area contributed by atoms with E-state index in [1.807, 2.05) is 42.5 Å². The second-order valence-corrected chi connectivity index (χ2v) is 10.2. The van der Waals surface area contributed by atoms with Crippen molar-refractivity contribution in [2.24, 2.45) is 4.99 Å². The summed E-state index contributed by atoms with van der Waals surface area (Å²) in [4.78, 5) is 32.7. The Morgan fingerprint density at radius 1 is 1.10 bits per heavy atom. The van der Waals surface area contributed by atoms with Gasteiger partial charge in [0, 0.05) is 5.56 Å². The molecule has 40 heavy (non-hydrogen) atoms. The molecule has 3 aromatic carbocycles. The number of rotatable bonds is 7. The number of carbonyl (C=O) groups is 1. The van der Waals surface area contributed by atoms with Gasteiger partial charge < -0.3 is 19.3 Å². The fraction of sp³-hybridized carbons (Fsp3) is 0.167. The Kier molecular flexibility index (Phi) is 7.77. The number of esters is 1. The predicted molar refractivity (Wildman–Crippen MR) is 154 cm³/mol. The SMILES string of the molecule is CCOC(=O)C1=C(c2ccccc2)N=c2s/c(=C\c3cc(Cl)c(O)c(OC)c3)c(=O)n2[C@H]1c1ccc(OC)cc1. The van der Waals surface area contributed by atoms with E-state index in [1.165, 1.54) is 29.1 Å². The molecule has 1 aliphatic rings. The summed E-state index contributed by atoms with van der Waals surface area (Å²) in [7, 11) is 2.99. The quantitative estimate of drug-likeness (QED) is 0.329. The molecule has 1 N–H and O–H groups in total. The maximum absolute atomic E-state index is 14.0. The van der Waals surface area contributed by atoms with Crippen LogP contribution in [0.4, 0.5) is 0 Å². The van der Waals surface area contributed by atoms with Crippen molar-refractivity contribution in [2.75, 3.05) is 20.8 Å². The third-order valence-corrected chi connectivity index (χ3v) is 7.64. The number of methoxy groups -OCH3 is 2. The number of ether oxygens (including phenoxy) is 3. The van der Waals surface area contributed by atoms with Crippen LogP contribution in [0, 0.1) is 0 Å². The molecule has 5 rings (SSSR count). The maximum atomic E-state index is 14.0. The fourth-order valence-corrected chi connectivity index (χ4v) is 5.75. The summed E-state index contributed by atoms with van der Waals surface area (Å²) in [6.45, 7) is 1.89. The highest BCUT2D eigenvalue weighted by atomic mass is 35.5. The van der Waals surface area contributed by atoms with E-state index in [4.69, 9.17) is 30.8 Å². The number of benzene rings is 3.